The third-order valence-corrected chi connectivity index (χ3v) is 7.09. The Labute approximate surface area is 230 Å². The van der Waals surface area contributed by atoms with Crippen molar-refractivity contribution in [1.82, 2.24) is 20.4 Å². The lowest BCUT2D eigenvalue weighted by Crippen LogP contribution is -2.41. The van der Waals surface area contributed by atoms with Crippen LogP contribution in [0.5, 0.6) is 11.5 Å². The van der Waals surface area contributed by atoms with Crippen molar-refractivity contribution in [2.45, 2.75) is 71.4 Å². The number of hydrogen-bond donors (Lipinski definition) is 2. The van der Waals surface area contributed by atoms with E-state index < -0.39 is 12.0 Å². The molecule has 0 aliphatic heterocycles. The second kappa shape index (κ2) is 14.0. The Morgan fingerprint density at radius 3 is 2.38 bits per heavy atom. The number of aromatic nitrogens is 2. The standard InChI is InChI=1S/C29H42N4O6/c1-18(2)13-20(15-26(34)30-17-27(35)39-6)31-29(36)22-16-23(28-24(37-4)11-8-12-25(28)38-5)33(32-22)21-10-7-9-19(3)14-21/h8,11-12,16,18-21H,7,9-10,13-15,17H2,1-6H3,(H,30,34)(H,31,36). The zero-order chi connectivity index (χ0) is 28.5. The van der Waals surface area contributed by atoms with E-state index in [4.69, 9.17) is 14.6 Å². The Morgan fingerprint density at radius 1 is 1.10 bits per heavy atom. The normalized spacial score (nSPS) is 17.8. The highest BCUT2D eigenvalue weighted by molar-refractivity contribution is 5.94. The van der Waals surface area contributed by atoms with Crippen LogP contribution < -0.4 is 20.1 Å². The topological polar surface area (TPSA) is 121 Å². The van der Waals surface area contributed by atoms with Crippen LogP contribution in [0.2, 0.25) is 0 Å². The molecular formula is C29H42N4O6. The fourth-order valence-corrected chi connectivity index (χ4v) is 5.26. The monoisotopic (exact) mass is 542 g/mol. The number of rotatable bonds is 12. The number of benzene rings is 1. The lowest BCUT2D eigenvalue weighted by atomic mass is 9.87. The number of esters is 1. The van der Waals surface area contributed by atoms with Crippen molar-refractivity contribution in [1.29, 1.82) is 0 Å². The first-order valence-corrected chi connectivity index (χ1v) is 13.6. The van der Waals surface area contributed by atoms with Crippen molar-refractivity contribution in [2.75, 3.05) is 27.9 Å². The van der Waals surface area contributed by atoms with Gasteiger partial charge in [-0.2, -0.15) is 5.10 Å². The molecular weight excluding hydrogens is 500 g/mol. The molecule has 1 saturated carbocycles. The molecule has 214 valence electrons. The van der Waals surface area contributed by atoms with Gasteiger partial charge in [0.25, 0.3) is 5.91 Å². The summed E-state index contributed by atoms with van der Waals surface area (Å²) in [6.45, 7) is 6.08. The van der Waals surface area contributed by atoms with Gasteiger partial charge in [0.05, 0.1) is 38.6 Å². The quantitative estimate of drug-likeness (QED) is 0.387. The van der Waals surface area contributed by atoms with Crippen LogP contribution in [-0.2, 0) is 14.3 Å². The molecule has 10 heteroatoms. The Hall–Kier alpha value is -3.56. The SMILES string of the molecule is COC(=O)CNC(=O)CC(CC(C)C)NC(=O)c1cc(-c2c(OC)cccc2OC)n(C2CCCC(C)C2)n1. The smallest absolute Gasteiger partial charge is 0.325 e. The van der Waals surface area contributed by atoms with E-state index in [1.54, 1.807) is 20.3 Å². The van der Waals surface area contributed by atoms with Gasteiger partial charge in [-0.05, 0) is 49.3 Å². The number of nitrogens with one attached hydrogen (secondary N) is 2. The minimum atomic E-state index is -0.533. The number of hydrogen-bond acceptors (Lipinski definition) is 7. The van der Waals surface area contributed by atoms with Crippen LogP contribution in [0.1, 0.15) is 75.8 Å². The Morgan fingerprint density at radius 2 is 1.79 bits per heavy atom. The van der Waals surface area contributed by atoms with Gasteiger partial charge in [0.1, 0.15) is 18.0 Å². The van der Waals surface area contributed by atoms with E-state index in [0.717, 1.165) is 30.5 Å². The van der Waals surface area contributed by atoms with E-state index in [9.17, 15) is 14.4 Å². The number of methoxy groups -OCH3 is 3. The Kier molecular flexibility index (Phi) is 10.8. The summed E-state index contributed by atoms with van der Waals surface area (Å²) in [6, 6.07) is 7.07. The van der Waals surface area contributed by atoms with Crippen molar-refractivity contribution in [2.24, 2.45) is 11.8 Å². The van der Waals surface area contributed by atoms with Gasteiger partial charge in [0.15, 0.2) is 5.69 Å². The number of amides is 2. The van der Waals surface area contributed by atoms with Crippen molar-refractivity contribution >= 4 is 17.8 Å². The van der Waals surface area contributed by atoms with Crippen LogP contribution in [-0.4, -0.2) is 61.5 Å². The highest BCUT2D eigenvalue weighted by Gasteiger charge is 2.29. The third-order valence-electron chi connectivity index (χ3n) is 7.09. The summed E-state index contributed by atoms with van der Waals surface area (Å²) in [6.07, 6.45) is 4.82. The molecule has 0 spiro atoms. The maximum atomic E-state index is 13.5. The van der Waals surface area contributed by atoms with Gasteiger partial charge in [-0.25, -0.2) is 0 Å². The molecule has 1 aliphatic carbocycles. The molecule has 3 unspecified atom stereocenters. The molecule has 1 aromatic heterocycles. The van der Waals surface area contributed by atoms with Gasteiger partial charge in [-0.3, -0.25) is 19.1 Å². The molecule has 3 rings (SSSR count). The van der Waals surface area contributed by atoms with Gasteiger partial charge in [-0.1, -0.05) is 39.7 Å². The summed E-state index contributed by atoms with van der Waals surface area (Å²) in [4.78, 5) is 37.4. The average Bonchev–Trinajstić information content (AvgIpc) is 3.36. The van der Waals surface area contributed by atoms with Crippen molar-refractivity contribution in [3.05, 3.63) is 30.0 Å². The van der Waals surface area contributed by atoms with Crippen LogP contribution >= 0.6 is 0 Å². The number of carbonyl (C=O) groups is 3. The Balaban J connectivity index is 1.93. The molecule has 1 heterocycles. The highest BCUT2D eigenvalue weighted by atomic mass is 16.5. The first kappa shape index (κ1) is 30.0. The van der Waals surface area contributed by atoms with Crippen molar-refractivity contribution in [3.8, 4) is 22.8 Å². The molecule has 3 atom stereocenters. The van der Waals surface area contributed by atoms with E-state index in [1.165, 1.54) is 13.5 Å². The van der Waals surface area contributed by atoms with Crippen LogP contribution in [0.15, 0.2) is 24.3 Å². The maximum Gasteiger partial charge on any atom is 0.325 e. The third kappa shape index (κ3) is 7.97. The van der Waals surface area contributed by atoms with Gasteiger partial charge in [0.2, 0.25) is 5.91 Å². The fourth-order valence-electron chi connectivity index (χ4n) is 5.26. The fraction of sp³-hybridized carbons (Fsp3) is 0.586. The predicted molar refractivity (Wildman–Crippen MR) is 148 cm³/mol. The lowest BCUT2D eigenvalue weighted by Gasteiger charge is -2.28. The van der Waals surface area contributed by atoms with Gasteiger partial charge < -0.3 is 24.8 Å². The molecule has 39 heavy (non-hydrogen) atoms. The first-order valence-electron chi connectivity index (χ1n) is 13.6. The van der Waals surface area contributed by atoms with Gasteiger partial charge >= 0.3 is 5.97 Å². The lowest BCUT2D eigenvalue weighted by molar-refractivity contribution is -0.141. The molecule has 10 nitrogen and oxygen atoms in total. The molecule has 1 fully saturated rings. The Bertz CT molecular complexity index is 1120. The van der Waals surface area contributed by atoms with Crippen molar-refractivity contribution in [3.63, 3.8) is 0 Å². The molecule has 2 N–H and O–H groups in total. The van der Waals surface area contributed by atoms with E-state index >= 15 is 0 Å². The molecule has 0 saturated heterocycles. The minimum absolute atomic E-state index is 0.0367. The summed E-state index contributed by atoms with van der Waals surface area (Å²) in [7, 11) is 4.48. The number of carbonyl (C=O) groups excluding carboxylic acids is 3. The van der Waals surface area contributed by atoms with E-state index in [-0.39, 0.29) is 42.4 Å². The molecule has 1 aliphatic rings. The molecule has 0 bridgehead atoms. The van der Waals surface area contributed by atoms with E-state index in [2.05, 4.69) is 22.3 Å². The summed E-state index contributed by atoms with van der Waals surface area (Å²) in [5.41, 5.74) is 1.76. The summed E-state index contributed by atoms with van der Waals surface area (Å²) in [5.74, 6) is 0.814. The second-order valence-electron chi connectivity index (χ2n) is 10.7. The largest absolute Gasteiger partial charge is 0.496 e. The molecule has 2 aromatic rings. The highest BCUT2D eigenvalue weighted by Crippen LogP contribution is 2.42. The number of ether oxygens (including phenoxy) is 3. The molecule has 1 aromatic carbocycles. The maximum absolute atomic E-state index is 13.5. The minimum Gasteiger partial charge on any atom is -0.496 e. The van der Waals surface area contributed by atoms with Gasteiger partial charge in [-0.15, -0.1) is 0 Å². The zero-order valence-corrected chi connectivity index (χ0v) is 23.9. The van der Waals surface area contributed by atoms with Crippen LogP contribution in [0, 0.1) is 11.8 Å². The summed E-state index contributed by atoms with van der Waals surface area (Å²) >= 11 is 0. The predicted octanol–water partition coefficient (Wildman–Crippen LogP) is 4.14. The van der Waals surface area contributed by atoms with Crippen LogP contribution in [0.3, 0.4) is 0 Å². The summed E-state index contributed by atoms with van der Waals surface area (Å²) in [5, 5.41) is 10.4. The number of nitrogens with zero attached hydrogens (tertiary/aromatic N) is 2. The van der Waals surface area contributed by atoms with Crippen molar-refractivity contribution < 1.29 is 28.6 Å². The van der Waals surface area contributed by atoms with Crippen LogP contribution in [0.25, 0.3) is 11.3 Å². The molecule has 2 amide bonds. The second-order valence-corrected chi connectivity index (χ2v) is 10.7. The van der Waals surface area contributed by atoms with Crippen LogP contribution in [0.4, 0.5) is 0 Å². The van der Waals surface area contributed by atoms with E-state index in [0.29, 0.717) is 23.8 Å². The van der Waals surface area contributed by atoms with E-state index in [1.807, 2.05) is 36.7 Å². The average molecular weight is 543 g/mol. The zero-order valence-electron chi connectivity index (χ0n) is 23.9. The first-order chi connectivity index (χ1) is 18.7. The molecule has 0 radical (unpaired) electrons. The summed E-state index contributed by atoms with van der Waals surface area (Å²) < 4.78 is 17.9. The van der Waals surface area contributed by atoms with Gasteiger partial charge in [0, 0.05) is 12.5 Å².